The van der Waals surface area contributed by atoms with Crippen LogP contribution in [0.3, 0.4) is 0 Å². The fourth-order valence-electron chi connectivity index (χ4n) is 6.73. The molecule has 6 aromatic rings. The second kappa shape index (κ2) is 12.6. The minimum atomic E-state index is -2.63. The van der Waals surface area contributed by atoms with E-state index in [4.69, 9.17) is 9.41 Å². The molecule has 220 valence electrons. The lowest BCUT2D eigenvalue weighted by Crippen LogP contribution is -2.66. The van der Waals surface area contributed by atoms with E-state index in [0.717, 1.165) is 5.69 Å². The van der Waals surface area contributed by atoms with Gasteiger partial charge in [0.1, 0.15) is 5.54 Å². The van der Waals surface area contributed by atoms with Gasteiger partial charge in [-0.2, -0.15) is 0 Å². The molecule has 0 aliphatic carbocycles. The van der Waals surface area contributed by atoms with Gasteiger partial charge in [-0.05, 0) is 32.1 Å². The SMILES string of the molecule is CC(C)(C)[Si](OCCc1cn(C(c2ccccc2)(c2ccccc2)c2ccccc2)cn1)(c1ccccc1)c1ccccc1. The summed E-state index contributed by atoms with van der Waals surface area (Å²) >= 11 is 0. The zero-order valence-electron chi connectivity index (χ0n) is 25.8. The molecule has 1 heterocycles. The van der Waals surface area contributed by atoms with Crippen molar-refractivity contribution >= 4 is 18.7 Å². The summed E-state index contributed by atoms with van der Waals surface area (Å²) in [6.45, 7) is 7.55. The zero-order valence-corrected chi connectivity index (χ0v) is 26.8. The zero-order chi connectivity index (χ0) is 30.5. The minimum absolute atomic E-state index is 0.0713. The Labute approximate surface area is 263 Å². The standard InChI is InChI=1S/C40H40N2OSi/c1-39(2,3)44(37-25-15-7-16-26-37,38-27-17-8-18-28-38)43-30-29-36-31-42(32-41-36)40(33-19-9-4-10-20-33,34-21-11-5-12-22-34)35-23-13-6-14-24-35/h4-28,31-32H,29-30H2,1-3H3. The fourth-order valence-corrected chi connectivity index (χ4v) is 11.3. The molecule has 0 N–H and O–H groups in total. The highest BCUT2D eigenvalue weighted by Crippen LogP contribution is 2.41. The summed E-state index contributed by atoms with van der Waals surface area (Å²) in [6.07, 6.45) is 4.92. The van der Waals surface area contributed by atoms with Crippen LogP contribution in [0.1, 0.15) is 43.2 Å². The molecule has 0 spiro atoms. The molecule has 0 bridgehead atoms. The van der Waals surface area contributed by atoms with Gasteiger partial charge in [0.2, 0.25) is 0 Å². The van der Waals surface area contributed by atoms with Crippen molar-refractivity contribution < 1.29 is 4.43 Å². The molecule has 0 saturated carbocycles. The Morgan fingerprint density at radius 3 is 1.34 bits per heavy atom. The molecule has 44 heavy (non-hydrogen) atoms. The van der Waals surface area contributed by atoms with Crippen LogP contribution in [-0.4, -0.2) is 24.5 Å². The van der Waals surface area contributed by atoms with Crippen LogP contribution in [0.5, 0.6) is 0 Å². The molecule has 1 aromatic heterocycles. The summed E-state index contributed by atoms with van der Waals surface area (Å²) in [5, 5.41) is 2.51. The first-order valence-electron chi connectivity index (χ1n) is 15.4. The quantitative estimate of drug-likeness (QED) is 0.120. The molecular formula is C40H40N2OSi. The van der Waals surface area contributed by atoms with Gasteiger partial charge in [0.15, 0.2) is 0 Å². The van der Waals surface area contributed by atoms with Gasteiger partial charge in [0.25, 0.3) is 8.32 Å². The molecule has 0 amide bonds. The normalized spacial score (nSPS) is 12.2. The molecule has 4 heteroatoms. The summed E-state index contributed by atoms with van der Waals surface area (Å²) in [4.78, 5) is 4.98. The summed E-state index contributed by atoms with van der Waals surface area (Å²) in [7, 11) is -2.63. The fraction of sp³-hybridized carbons (Fsp3) is 0.175. The molecule has 5 aromatic carbocycles. The van der Waals surface area contributed by atoms with E-state index in [9.17, 15) is 0 Å². The molecule has 0 atom stereocenters. The lowest BCUT2D eigenvalue weighted by atomic mass is 9.77. The van der Waals surface area contributed by atoms with Crippen LogP contribution in [0.4, 0.5) is 0 Å². The van der Waals surface area contributed by atoms with Crippen molar-refractivity contribution in [2.45, 2.75) is 37.8 Å². The van der Waals surface area contributed by atoms with Gasteiger partial charge in [-0.15, -0.1) is 0 Å². The third-order valence-corrected chi connectivity index (χ3v) is 13.7. The first-order valence-corrected chi connectivity index (χ1v) is 17.3. The smallest absolute Gasteiger partial charge is 0.261 e. The third-order valence-electron chi connectivity index (χ3n) is 8.69. The van der Waals surface area contributed by atoms with Gasteiger partial charge in [-0.25, -0.2) is 4.98 Å². The van der Waals surface area contributed by atoms with Crippen LogP contribution in [-0.2, 0) is 16.4 Å². The summed E-state index contributed by atoms with van der Waals surface area (Å²) < 4.78 is 9.49. The predicted molar refractivity (Wildman–Crippen MR) is 184 cm³/mol. The van der Waals surface area contributed by atoms with Crippen LogP contribution < -0.4 is 10.4 Å². The van der Waals surface area contributed by atoms with Crippen molar-refractivity contribution in [2.75, 3.05) is 6.61 Å². The second-order valence-electron chi connectivity index (χ2n) is 12.3. The number of imidazole rings is 1. The third kappa shape index (κ3) is 5.36. The summed E-state index contributed by atoms with van der Waals surface area (Å²) in [6, 6.07) is 53.9. The minimum Gasteiger partial charge on any atom is -0.407 e. The Morgan fingerprint density at radius 2 is 0.955 bits per heavy atom. The maximum atomic E-state index is 7.21. The van der Waals surface area contributed by atoms with Gasteiger partial charge in [-0.1, -0.05) is 172 Å². The molecule has 0 saturated heterocycles. The highest BCUT2D eigenvalue weighted by molar-refractivity contribution is 6.99. The first kappa shape index (κ1) is 29.6. The van der Waals surface area contributed by atoms with E-state index in [2.05, 4.69) is 183 Å². The van der Waals surface area contributed by atoms with Crippen molar-refractivity contribution in [3.63, 3.8) is 0 Å². The number of benzene rings is 5. The van der Waals surface area contributed by atoms with Gasteiger partial charge < -0.3 is 8.99 Å². The Hall–Kier alpha value is -4.51. The monoisotopic (exact) mass is 592 g/mol. The van der Waals surface area contributed by atoms with Gasteiger partial charge >= 0.3 is 0 Å². The van der Waals surface area contributed by atoms with Crippen molar-refractivity contribution in [1.82, 2.24) is 9.55 Å². The van der Waals surface area contributed by atoms with E-state index < -0.39 is 13.9 Å². The van der Waals surface area contributed by atoms with Gasteiger partial charge in [0, 0.05) is 19.2 Å². The number of hydrogen-bond donors (Lipinski definition) is 0. The van der Waals surface area contributed by atoms with E-state index in [1.54, 1.807) is 0 Å². The van der Waals surface area contributed by atoms with Crippen LogP contribution in [0.2, 0.25) is 5.04 Å². The molecule has 0 aliphatic heterocycles. The van der Waals surface area contributed by atoms with Crippen LogP contribution >= 0.6 is 0 Å². The van der Waals surface area contributed by atoms with Crippen LogP contribution in [0.25, 0.3) is 0 Å². The van der Waals surface area contributed by atoms with Crippen molar-refractivity contribution in [3.05, 3.63) is 187 Å². The highest BCUT2D eigenvalue weighted by Gasteiger charge is 2.50. The Kier molecular flexibility index (Phi) is 8.47. The molecule has 0 fully saturated rings. The van der Waals surface area contributed by atoms with Gasteiger partial charge in [-0.3, -0.25) is 0 Å². The van der Waals surface area contributed by atoms with E-state index >= 15 is 0 Å². The number of rotatable bonds is 10. The topological polar surface area (TPSA) is 27.1 Å². The van der Waals surface area contributed by atoms with Crippen LogP contribution in [0.15, 0.2) is 164 Å². The second-order valence-corrected chi connectivity index (χ2v) is 16.6. The molecule has 0 radical (unpaired) electrons. The predicted octanol–water partition coefficient (Wildman–Crippen LogP) is 7.84. The molecule has 0 aliphatic rings. The van der Waals surface area contributed by atoms with Gasteiger partial charge in [0.05, 0.1) is 12.0 Å². The summed E-state index contributed by atoms with van der Waals surface area (Å²) in [5.41, 5.74) is 3.99. The first-order chi connectivity index (χ1) is 21.5. The molecule has 3 nitrogen and oxygen atoms in total. The Morgan fingerprint density at radius 1 is 0.568 bits per heavy atom. The summed E-state index contributed by atoms with van der Waals surface area (Å²) in [5.74, 6) is 0. The number of hydrogen-bond acceptors (Lipinski definition) is 2. The lowest BCUT2D eigenvalue weighted by Gasteiger charge is -2.43. The number of aromatic nitrogens is 2. The van der Waals surface area contributed by atoms with E-state index in [-0.39, 0.29) is 5.04 Å². The molecular weight excluding hydrogens is 553 g/mol. The Balaban J connectivity index is 1.39. The van der Waals surface area contributed by atoms with Crippen molar-refractivity contribution in [1.29, 1.82) is 0 Å². The largest absolute Gasteiger partial charge is 0.407 e. The van der Waals surface area contributed by atoms with Crippen LogP contribution in [0, 0.1) is 0 Å². The lowest BCUT2D eigenvalue weighted by molar-refractivity contribution is 0.300. The van der Waals surface area contributed by atoms with E-state index in [0.29, 0.717) is 13.0 Å². The average Bonchev–Trinajstić information content (AvgIpc) is 3.54. The van der Waals surface area contributed by atoms with Crippen molar-refractivity contribution in [2.24, 2.45) is 0 Å². The molecule has 6 rings (SSSR count). The van der Waals surface area contributed by atoms with E-state index in [1.165, 1.54) is 27.1 Å². The number of nitrogens with zero attached hydrogens (tertiary/aromatic N) is 2. The molecule has 0 unspecified atom stereocenters. The Bertz CT molecular complexity index is 1610. The highest BCUT2D eigenvalue weighted by atomic mass is 28.4. The maximum absolute atomic E-state index is 7.21. The van der Waals surface area contributed by atoms with Crippen molar-refractivity contribution in [3.8, 4) is 0 Å². The average molecular weight is 593 g/mol. The van der Waals surface area contributed by atoms with E-state index in [1.807, 2.05) is 6.33 Å². The maximum Gasteiger partial charge on any atom is 0.261 e.